The first-order valence-electron chi connectivity index (χ1n) is 19.4. The van der Waals surface area contributed by atoms with Crippen molar-refractivity contribution in [2.24, 2.45) is 5.92 Å². The summed E-state index contributed by atoms with van der Waals surface area (Å²) in [5, 5.41) is 8.68. The highest BCUT2D eigenvalue weighted by Crippen LogP contribution is 2.54. The Hall–Kier alpha value is -6.09. The van der Waals surface area contributed by atoms with Gasteiger partial charge in [0.05, 0.1) is 5.69 Å². The van der Waals surface area contributed by atoms with Crippen LogP contribution in [0.3, 0.4) is 0 Å². The summed E-state index contributed by atoms with van der Waals surface area (Å²) < 4.78 is 0. The van der Waals surface area contributed by atoms with Crippen LogP contribution in [0.5, 0.6) is 0 Å². The molecule has 1 unspecified atom stereocenters. The number of hydrogen-bond donors (Lipinski definition) is 0. The molecule has 0 spiro atoms. The van der Waals surface area contributed by atoms with Gasteiger partial charge in [0.1, 0.15) is 5.01 Å². The molecule has 8 aromatic carbocycles. The van der Waals surface area contributed by atoms with Gasteiger partial charge in [0.2, 0.25) is 0 Å². The van der Waals surface area contributed by atoms with Crippen molar-refractivity contribution in [2.45, 2.75) is 32.6 Å². The molecule has 0 amide bonds. The molecule has 2 aliphatic rings. The first-order chi connectivity index (χ1) is 26.9. The number of hydrogen-bond acceptors (Lipinski definition) is 2. The van der Waals surface area contributed by atoms with E-state index in [4.69, 9.17) is 4.98 Å². The van der Waals surface area contributed by atoms with E-state index in [1.54, 1.807) is 0 Å². The van der Waals surface area contributed by atoms with E-state index in [2.05, 4.69) is 185 Å². The van der Waals surface area contributed by atoms with Gasteiger partial charge in [0, 0.05) is 15.9 Å². The molecule has 2 heteroatoms. The van der Waals surface area contributed by atoms with Crippen LogP contribution >= 0.6 is 11.3 Å². The molecule has 0 radical (unpaired) electrons. The summed E-state index contributed by atoms with van der Waals surface area (Å²) in [5.41, 5.74) is 15.2. The van der Waals surface area contributed by atoms with Crippen molar-refractivity contribution in [3.63, 3.8) is 0 Å². The molecule has 2 aliphatic carbocycles. The number of thiazole rings is 1. The summed E-state index contributed by atoms with van der Waals surface area (Å²) in [6.45, 7) is 7.03. The molecule has 11 rings (SSSR count). The molecule has 55 heavy (non-hydrogen) atoms. The number of fused-ring (bicyclic) bond motifs is 7. The van der Waals surface area contributed by atoms with Crippen LogP contribution in [0.25, 0.3) is 93.5 Å². The summed E-state index contributed by atoms with van der Waals surface area (Å²) in [4.78, 5) is 6.44. The Bertz CT molecular complexity index is 3050. The van der Waals surface area contributed by atoms with E-state index < -0.39 is 0 Å². The van der Waals surface area contributed by atoms with Crippen molar-refractivity contribution in [3.05, 3.63) is 179 Å². The molecular formula is C53H39NS. The normalized spacial score (nSPS) is 15.4. The number of aromatic nitrogens is 1. The van der Waals surface area contributed by atoms with Crippen molar-refractivity contribution >= 4 is 49.7 Å². The van der Waals surface area contributed by atoms with Crippen molar-refractivity contribution in [2.75, 3.05) is 0 Å². The summed E-state index contributed by atoms with van der Waals surface area (Å²) in [7, 11) is 0. The largest absolute Gasteiger partial charge is 0.236 e. The minimum atomic E-state index is -0.0866. The standard InChI is InChI=1S/C53H39NS/c1-32-19-28-47-48(29-32)55-52(54-47)35-23-21-34(22-24-35)49-39-13-6-7-14-40(39)50(43-16-10-18-46-51(43)42-15-8-9-17-45(42)53(46,2)3)44-31-38(26-27-41(44)49)37-25-20-33-11-4-5-12-36(33)30-37/h4-28,30-32H,29H2,1-3H3. The maximum atomic E-state index is 5.05. The van der Waals surface area contributed by atoms with Crippen molar-refractivity contribution in [1.29, 1.82) is 0 Å². The van der Waals surface area contributed by atoms with Crippen LogP contribution in [0.4, 0.5) is 0 Å². The second-order valence-corrected chi connectivity index (χ2v) is 17.0. The average molecular weight is 722 g/mol. The van der Waals surface area contributed by atoms with Crippen LogP contribution < -0.4 is 0 Å². The zero-order valence-corrected chi connectivity index (χ0v) is 32.0. The Labute approximate surface area is 326 Å². The highest BCUT2D eigenvalue weighted by Gasteiger charge is 2.37. The van der Waals surface area contributed by atoms with Gasteiger partial charge in [0.25, 0.3) is 0 Å². The molecule has 1 nitrogen and oxygen atoms in total. The van der Waals surface area contributed by atoms with Gasteiger partial charge < -0.3 is 0 Å². The van der Waals surface area contributed by atoms with Gasteiger partial charge in [0.15, 0.2) is 0 Å². The van der Waals surface area contributed by atoms with Crippen molar-refractivity contribution < 1.29 is 0 Å². The van der Waals surface area contributed by atoms with E-state index in [0.29, 0.717) is 5.92 Å². The van der Waals surface area contributed by atoms with Gasteiger partial charge in [-0.1, -0.05) is 166 Å². The average Bonchev–Trinajstić information content (AvgIpc) is 3.75. The van der Waals surface area contributed by atoms with Crippen LogP contribution in [0.15, 0.2) is 158 Å². The Morgan fingerprint density at radius 3 is 2.02 bits per heavy atom. The summed E-state index contributed by atoms with van der Waals surface area (Å²) in [6, 6.07) is 56.9. The van der Waals surface area contributed by atoms with Gasteiger partial charge in [-0.2, -0.15) is 0 Å². The van der Waals surface area contributed by atoms with Crippen LogP contribution in [-0.4, -0.2) is 4.98 Å². The summed E-state index contributed by atoms with van der Waals surface area (Å²) in [5.74, 6) is 0.563. The molecule has 0 bridgehead atoms. The second-order valence-electron chi connectivity index (χ2n) is 16.0. The van der Waals surface area contributed by atoms with Gasteiger partial charge in [-0.05, 0) is 118 Å². The minimum Gasteiger partial charge on any atom is -0.236 e. The van der Waals surface area contributed by atoms with Gasteiger partial charge >= 0.3 is 0 Å². The lowest BCUT2D eigenvalue weighted by atomic mass is 9.80. The predicted molar refractivity (Wildman–Crippen MR) is 236 cm³/mol. The molecule has 0 N–H and O–H groups in total. The Morgan fingerprint density at radius 1 is 0.527 bits per heavy atom. The third-order valence-corrected chi connectivity index (χ3v) is 13.4. The number of rotatable bonds is 4. The fourth-order valence-electron chi connectivity index (χ4n) is 9.45. The zero-order chi connectivity index (χ0) is 36.8. The quantitative estimate of drug-likeness (QED) is 0.165. The summed E-state index contributed by atoms with van der Waals surface area (Å²) >= 11 is 1.84. The Morgan fingerprint density at radius 2 is 1.16 bits per heavy atom. The molecule has 1 atom stereocenters. The lowest BCUT2D eigenvalue weighted by molar-refractivity contribution is 0.660. The third-order valence-electron chi connectivity index (χ3n) is 12.2. The maximum absolute atomic E-state index is 5.05. The number of nitrogens with zero attached hydrogens (tertiary/aromatic N) is 1. The molecule has 0 saturated heterocycles. The first kappa shape index (κ1) is 32.3. The Balaban J connectivity index is 1.17. The summed E-state index contributed by atoms with van der Waals surface area (Å²) in [6.07, 6.45) is 5.55. The van der Waals surface area contributed by atoms with Crippen LogP contribution in [-0.2, 0) is 11.8 Å². The van der Waals surface area contributed by atoms with Gasteiger partial charge in [-0.25, -0.2) is 4.98 Å². The predicted octanol–water partition coefficient (Wildman–Crippen LogP) is 14.8. The number of allylic oxidation sites excluding steroid dienone is 1. The fourth-order valence-corrected chi connectivity index (χ4v) is 10.6. The van der Waals surface area contributed by atoms with E-state index in [0.717, 1.165) is 17.1 Å². The SMILES string of the molecule is CC1C=Cc2nc(-c3ccc(-c4c5ccccc5c(-c5cccc6c5-c5ccccc5C6(C)C)c5cc(-c6ccc7ccccc7c6)ccc45)cc3)sc2C1. The molecular weight excluding hydrogens is 683 g/mol. The molecule has 0 aliphatic heterocycles. The topological polar surface area (TPSA) is 12.9 Å². The molecule has 1 aromatic heterocycles. The zero-order valence-electron chi connectivity index (χ0n) is 31.2. The van der Waals surface area contributed by atoms with E-state index in [-0.39, 0.29) is 5.41 Å². The fraction of sp³-hybridized carbons (Fsp3) is 0.113. The van der Waals surface area contributed by atoms with Crippen LogP contribution in [0, 0.1) is 5.92 Å². The van der Waals surface area contributed by atoms with Crippen molar-refractivity contribution in [3.8, 4) is 55.1 Å². The second kappa shape index (κ2) is 12.2. The first-order valence-corrected chi connectivity index (χ1v) is 20.2. The van der Waals surface area contributed by atoms with Gasteiger partial charge in [-0.15, -0.1) is 11.3 Å². The monoisotopic (exact) mass is 721 g/mol. The van der Waals surface area contributed by atoms with Crippen molar-refractivity contribution in [1.82, 2.24) is 4.98 Å². The van der Waals surface area contributed by atoms with Crippen LogP contribution in [0.2, 0.25) is 0 Å². The molecule has 1 heterocycles. The minimum absolute atomic E-state index is 0.0866. The third kappa shape index (κ3) is 5.01. The molecule has 0 fully saturated rings. The van der Waals surface area contributed by atoms with E-state index >= 15 is 0 Å². The molecule has 9 aromatic rings. The number of benzene rings is 8. The molecule has 0 saturated carbocycles. The maximum Gasteiger partial charge on any atom is 0.124 e. The smallest absolute Gasteiger partial charge is 0.124 e. The lowest BCUT2D eigenvalue weighted by Crippen LogP contribution is -2.14. The highest BCUT2D eigenvalue weighted by atomic mass is 32.1. The van der Waals surface area contributed by atoms with E-state index in [9.17, 15) is 0 Å². The Kier molecular flexibility index (Phi) is 7.18. The van der Waals surface area contributed by atoms with E-state index in [1.165, 1.54) is 98.4 Å². The molecule has 262 valence electrons. The van der Waals surface area contributed by atoms with Crippen LogP contribution in [0.1, 0.15) is 42.5 Å². The highest BCUT2D eigenvalue weighted by molar-refractivity contribution is 7.15. The van der Waals surface area contributed by atoms with Gasteiger partial charge in [-0.3, -0.25) is 0 Å². The lowest BCUT2D eigenvalue weighted by Gasteiger charge is -2.23. The van der Waals surface area contributed by atoms with E-state index in [1.807, 2.05) is 11.3 Å².